The fraction of sp³-hybridized carbons (Fsp3) is 0.214. The van der Waals surface area contributed by atoms with Crippen LogP contribution in [0.4, 0.5) is 0 Å². The monoisotopic (exact) mass is 270 g/mol. The maximum absolute atomic E-state index is 11.0. The van der Waals surface area contributed by atoms with Crippen LogP contribution in [0, 0.1) is 0 Å². The van der Waals surface area contributed by atoms with E-state index in [4.69, 9.17) is 5.11 Å². The molecule has 0 spiro atoms. The summed E-state index contributed by atoms with van der Waals surface area (Å²) in [5.41, 5.74) is 2.68. The van der Waals surface area contributed by atoms with Gasteiger partial charge in [-0.25, -0.2) is 9.78 Å². The second-order valence-electron chi connectivity index (χ2n) is 4.85. The van der Waals surface area contributed by atoms with E-state index in [2.05, 4.69) is 23.9 Å². The molecule has 6 nitrogen and oxygen atoms in total. The van der Waals surface area contributed by atoms with Gasteiger partial charge in [0.2, 0.25) is 0 Å². The molecule has 0 aliphatic rings. The first kappa shape index (κ1) is 12.4. The first-order chi connectivity index (χ1) is 9.58. The van der Waals surface area contributed by atoms with Crippen molar-refractivity contribution in [3.8, 4) is 11.4 Å². The summed E-state index contributed by atoms with van der Waals surface area (Å²) in [6.07, 6.45) is 5.20. The normalized spacial score (nSPS) is 11.3. The van der Waals surface area contributed by atoms with E-state index >= 15 is 0 Å². The maximum Gasteiger partial charge on any atom is 0.335 e. The Labute approximate surface area is 115 Å². The molecule has 3 aromatic heterocycles. The number of imidazole rings is 1. The first-order valence-corrected chi connectivity index (χ1v) is 6.32. The minimum Gasteiger partial charge on any atom is -0.478 e. The quantitative estimate of drug-likeness (QED) is 0.793. The highest BCUT2D eigenvalue weighted by Crippen LogP contribution is 2.23. The summed E-state index contributed by atoms with van der Waals surface area (Å²) in [6, 6.07) is 5.29. The second-order valence-corrected chi connectivity index (χ2v) is 4.85. The van der Waals surface area contributed by atoms with E-state index in [1.54, 1.807) is 30.7 Å². The zero-order valence-electron chi connectivity index (χ0n) is 11.2. The van der Waals surface area contributed by atoms with Gasteiger partial charge in [-0.05, 0) is 32.0 Å². The molecule has 0 saturated carbocycles. The average molecular weight is 270 g/mol. The Kier molecular flexibility index (Phi) is 2.78. The highest BCUT2D eigenvalue weighted by atomic mass is 16.4. The van der Waals surface area contributed by atoms with Crippen LogP contribution in [0.3, 0.4) is 0 Å². The number of hydrogen-bond acceptors (Lipinski definition) is 3. The summed E-state index contributed by atoms with van der Waals surface area (Å²) in [4.78, 5) is 15.2. The molecule has 0 radical (unpaired) electrons. The molecular formula is C14H14N4O2. The third-order valence-electron chi connectivity index (χ3n) is 3.18. The summed E-state index contributed by atoms with van der Waals surface area (Å²) in [7, 11) is 0. The molecule has 0 aliphatic heterocycles. The Morgan fingerprint density at radius 2 is 2.10 bits per heavy atom. The van der Waals surface area contributed by atoms with E-state index in [1.807, 2.05) is 15.1 Å². The lowest BCUT2D eigenvalue weighted by Crippen LogP contribution is -2.05. The highest BCUT2D eigenvalue weighted by Gasteiger charge is 2.13. The largest absolute Gasteiger partial charge is 0.478 e. The molecule has 0 saturated heterocycles. The lowest BCUT2D eigenvalue weighted by molar-refractivity contribution is 0.0697. The van der Waals surface area contributed by atoms with Gasteiger partial charge in [0.15, 0.2) is 0 Å². The third-order valence-corrected chi connectivity index (χ3v) is 3.18. The first-order valence-electron chi connectivity index (χ1n) is 6.32. The number of hydrogen-bond donors (Lipinski definition) is 1. The van der Waals surface area contributed by atoms with Crippen LogP contribution >= 0.6 is 0 Å². The summed E-state index contributed by atoms with van der Waals surface area (Å²) in [5, 5.41) is 13.3. The molecular weight excluding hydrogens is 256 g/mol. The van der Waals surface area contributed by atoms with Crippen molar-refractivity contribution in [1.82, 2.24) is 19.2 Å². The van der Waals surface area contributed by atoms with E-state index in [-0.39, 0.29) is 11.6 Å². The van der Waals surface area contributed by atoms with Crippen LogP contribution < -0.4 is 0 Å². The number of carboxylic acids is 1. The molecule has 0 unspecified atom stereocenters. The van der Waals surface area contributed by atoms with Crippen molar-refractivity contribution in [1.29, 1.82) is 0 Å². The number of rotatable bonds is 3. The highest BCUT2D eigenvalue weighted by molar-refractivity contribution is 5.88. The molecule has 0 aliphatic carbocycles. The van der Waals surface area contributed by atoms with E-state index < -0.39 is 5.97 Å². The molecule has 1 N–H and O–H groups in total. The fourth-order valence-corrected chi connectivity index (χ4v) is 2.23. The van der Waals surface area contributed by atoms with E-state index in [0.29, 0.717) is 5.65 Å². The van der Waals surface area contributed by atoms with E-state index in [9.17, 15) is 4.79 Å². The number of aromatic carboxylic acids is 1. The Balaban J connectivity index is 2.18. The van der Waals surface area contributed by atoms with Crippen molar-refractivity contribution in [3.05, 3.63) is 42.4 Å². The molecule has 6 heteroatoms. The topological polar surface area (TPSA) is 72.4 Å². The molecule has 3 rings (SSSR count). The van der Waals surface area contributed by atoms with Crippen molar-refractivity contribution in [2.24, 2.45) is 0 Å². The van der Waals surface area contributed by atoms with Crippen LogP contribution in [0.1, 0.15) is 30.2 Å². The standard InChI is InChI=1S/C14H14N4O2/c1-9(2)18-11(3-5-16-18)12-8-15-13-7-10(14(19)20)4-6-17(12)13/h3-9H,1-2H3,(H,19,20). The van der Waals surface area contributed by atoms with Gasteiger partial charge in [-0.1, -0.05) is 0 Å². The third kappa shape index (κ3) is 1.85. The Morgan fingerprint density at radius 1 is 1.30 bits per heavy atom. The van der Waals surface area contributed by atoms with Gasteiger partial charge < -0.3 is 5.11 Å². The number of carbonyl (C=O) groups is 1. The zero-order chi connectivity index (χ0) is 14.3. The SMILES string of the molecule is CC(C)n1nccc1-c1cnc2cc(C(=O)O)ccn12. The van der Waals surface area contributed by atoms with Crippen LogP contribution in [-0.2, 0) is 0 Å². The molecule has 3 aromatic rings. The Hall–Kier alpha value is -2.63. The van der Waals surface area contributed by atoms with Crippen LogP contribution in [0.5, 0.6) is 0 Å². The van der Waals surface area contributed by atoms with Crippen molar-refractivity contribution in [2.75, 3.05) is 0 Å². The van der Waals surface area contributed by atoms with E-state index in [1.165, 1.54) is 0 Å². The molecule has 0 amide bonds. The number of aromatic nitrogens is 4. The Morgan fingerprint density at radius 3 is 2.80 bits per heavy atom. The minimum atomic E-state index is -0.954. The number of nitrogens with zero attached hydrogens (tertiary/aromatic N) is 4. The lowest BCUT2D eigenvalue weighted by atomic mass is 10.2. The lowest BCUT2D eigenvalue weighted by Gasteiger charge is -2.10. The minimum absolute atomic E-state index is 0.229. The smallest absolute Gasteiger partial charge is 0.335 e. The molecule has 0 atom stereocenters. The average Bonchev–Trinajstić information content (AvgIpc) is 3.03. The predicted octanol–water partition coefficient (Wildman–Crippen LogP) is 2.48. The second kappa shape index (κ2) is 4.48. The van der Waals surface area contributed by atoms with Crippen molar-refractivity contribution < 1.29 is 9.90 Å². The molecule has 102 valence electrons. The zero-order valence-corrected chi connectivity index (χ0v) is 11.2. The fourth-order valence-electron chi connectivity index (χ4n) is 2.23. The van der Waals surface area contributed by atoms with Crippen molar-refractivity contribution >= 4 is 11.6 Å². The molecule has 0 aromatic carbocycles. The van der Waals surface area contributed by atoms with Gasteiger partial charge in [0.05, 0.1) is 23.1 Å². The van der Waals surface area contributed by atoms with Crippen LogP contribution in [0.25, 0.3) is 17.0 Å². The molecule has 3 heterocycles. The van der Waals surface area contributed by atoms with Gasteiger partial charge >= 0.3 is 5.97 Å². The maximum atomic E-state index is 11.0. The van der Waals surface area contributed by atoms with Gasteiger partial charge in [0.1, 0.15) is 5.65 Å². The van der Waals surface area contributed by atoms with Gasteiger partial charge in [-0.3, -0.25) is 9.08 Å². The summed E-state index contributed by atoms with van der Waals surface area (Å²) < 4.78 is 3.77. The van der Waals surface area contributed by atoms with Gasteiger partial charge in [0.25, 0.3) is 0 Å². The van der Waals surface area contributed by atoms with Gasteiger partial charge in [-0.15, -0.1) is 0 Å². The number of pyridine rings is 1. The van der Waals surface area contributed by atoms with Gasteiger partial charge in [-0.2, -0.15) is 5.10 Å². The summed E-state index contributed by atoms with van der Waals surface area (Å²) >= 11 is 0. The van der Waals surface area contributed by atoms with Crippen LogP contribution in [-0.4, -0.2) is 30.2 Å². The predicted molar refractivity (Wildman–Crippen MR) is 73.8 cm³/mol. The summed E-state index contributed by atoms with van der Waals surface area (Å²) in [6.45, 7) is 4.12. The summed E-state index contributed by atoms with van der Waals surface area (Å²) in [5.74, 6) is -0.954. The Bertz CT molecular complexity index is 785. The number of fused-ring (bicyclic) bond motifs is 1. The molecule has 0 fully saturated rings. The molecule has 0 bridgehead atoms. The number of carboxylic acid groups (broad SMARTS) is 1. The van der Waals surface area contributed by atoms with E-state index in [0.717, 1.165) is 11.4 Å². The van der Waals surface area contributed by atoms with Crippen molar-refractivity contribution in [2.45, 2.75) is 19.9 Å². The van der Waals surface area contributed by atoms with Gasteiger partial charge in [0, 0.05) is 18.4 Å². The van der Waals surface area contributed by atoms with Crippen LogP contribution in [0.15, 0.2) is 36.8 Å². The van der Waals surface area contributed by atoms with Crippen molar-refractivity contribution in [3.63, 3.8) is 0 Å². The molecule has 20 heavy (non-hydrogen) atoms. The van der Waals surface area contributed by atoms with Crippen LogP contribution in [0.2, 0.25) is 0 Å².